The van der Waals surface area contributed by atoms with Gasteiger partial charge in [-0.3, -0.25) is 0 Å². The molecule has 0 aromatic rings. The van der Waals surface area contributed by atoms with Crippen LogP contribution in [0.1, 0.15) is 0 Å². The molecule has 4 heteroatoms. The van der Waals surface area contributed by atoms with Gasteiger partial charge in [0.25, 0.3) is 0 Å². The van der Waals surface area contributed by atoms with Crippen LogP contribution in [-0.2, 0) is 19.8 Å². The van der Waals surface area contributed by atoms with Crippen LogP contribution in [0.4, 0.5) is 0 Å². The van der Waals surface area contributed by atoms with Gasteiger partial charge in [0.2, 0.25) is 0 Å². The number of hydrogen-bond acceptors (Lipinski definition) is 2. The van der Waals surface area contributed by atoms with Crippen molar-refractivity contribution in [2.75, 3.05) is 0 Å². The summed E-state index contributed by atoms with van der Waals surface area (Å²) in [4.78, 5) is 0. The van der Waals surface area contributed by atoms with Crippen LogP contribution in [0.5, 0.6) is 0 Å². The van der Waals surface area contributed by atoms with E-state index in [1.165, 1.54) is 0 Å². The Morgan fingerprint density at radius 2 is 1.25 bits per heavy atom. The Hall–Kier alpha value is 0.239. The van der Waals surface area contributed by atoms with E-state index in [-0.39, 0.29) is 11.6 Å². The molecule has 0 aliphatic carbocycles. The van der Waals surface area contributed by atoms with Crippen LogP contribution < -0.4 is 6.15 Å². The second-order valence-electron chi connectivity index (χ2n) is 0. The summed E-state index contributed by atoms with van der Waals surface area (Å²) < 4.78 is 8.00. The molecule has 5 N–H and O–H groups in total. The van der Waals surface area contributed by atoms with Gasteiger partial charge in [0.15, 0.2) is 0 Å². The Morgan fingerprint density at radius 1 is 1.25 bits per heavy atom. The van der Waals surface area contributed by atoms with E-state index in [0.29, 0.717) is 0 Å². The van der Waals surface area contributed by atoms with Gasteiger partial charge in [-0.15, -0.1) is 0 Å². The van der Waals surface area contributed by atoms with Crippen LogP contribution in [0.3, 0.4) is 0 Å². The van der Waals surface area contributed by atoms with Crippen LogP contribution in [0.2, 0.25) is 0 Å². The molecule has 0 aromatic carbocycles. The van der Waals surface area contributed by atoms with Gasteiger partial charge in [-0.25, -0.2) is 0 Å². The van der Waals surface area contributed by atoms with E-state index in [1.54, 1.807) is 0 Å². The molecule has 4 heavy (non-hydrogen) atoms. The van der Waals surface area contributed by atoms with Crippen molar-refractivity contribution >= 4 is 0 Å². The zero-order chi connectivity index (χ0) is 2.00. The minimum absolute atomic E-state index is 0. The molecule has 3 nitrogen and oxygen atoms in total. The molecule has 0 saturated carbocycles. The van der Waals surface area contributed by atoms with Crippen LogP contribution >= 0.6 is 0 Å². The Labute approximate surface area is 32.3 Å². The Bertz CT molecular complexity index is 6.00. The molecule has 0 aromatic heterocycles. The van der Waals surface area contributed by atoms with Crippen LogP contribution in [0, 0.1) is 0 Å². The third kappa shape index (κ3) is 60.0. The summed E-state index contributed by atoms with van der Waals surface area (Å²) in [5, 5.41) is 0. The van der Waals surface area contributed by atoms with Gasteiger partial charge in [0, 0.05) is 0 Å². The first-order chi connectivity index (χ1) is 1.00. The van der Waals surface area contributed by atoms with Crippen molar-refractivity contribution in [3.8, 4) is 0 Å². The third-order valence-corrected chi connectivity index (χ3v) is 0. The Kier molecular flexibility index (Phi) is 2050. The van der Waals surface area contributed by atoms with Crippen molar-refractivity contribution in [1.29, 1.82) is 0 Å². The summed E-state index contributed by atoms with van der Waals surface area (Å²) in [7, 11) is 0. The molecule has 0 bridgehead atoms. The molecular formula is H5FeNO2. The molecule has 0 rings (SSSR count). The fourth-order valence-corrected chi connectivity index (χ4v) is 0. The molecular weight excluding hydrogens is 102 g/mol. The first-order valence-corrected chi connectivity index (χ1v) is 0.595. The molecule has 0 amide bonds. The topological polar surface area (TPSA) is 83.6 Å². The average Bonchev–Trinajstić information content (AvgIpc) is 1.00. The summed E-state index contributed by atoms with van der Waals surface area (Å²) in [6, 6.07) is 0. The van der Waals surface area contributed by atoms with Crippen molar-refractivity contribution in [1.82, 2.24) is 6.15 Å². The molecule has 0 spiro atoms. The molecule has 0 aliphatic rings. The first-order valence-electron chi connectivity index (χ1n) is 0.144. The van der Waals surface area contributed by atoms with E-state index >= 15 is 0 Å². The fourth-order valence-electron chi connectivity index (χ4n) is 0. The van der Waals surface area contributed by atoms with Gasteiger partial charge < -0.3 is 11.6 Å². The van der Waals surface area contributed by atoms with E-state index in [1.807, 2.05) is 15.9 Å². The predicted molar refractivity (Wildman–Crippen MR) is 9.32 cm³/mol. The fraction of sp³-hybridized carbons (Fsp3) is 0. The van der Waals surface area contributed by atoms with Gasteiger partial charge in [0.1, 0.15) is 0 Å². The van der Waals surface area contributed by atoms with Gasteiger partial charge in [0.05, 0.1) is 0 Å². The zero-order valence-corrected chi connectivity index (χ0v) is 3.07. The Balaban J connectivity index is -0.00000000500. The summed E-state index contributed by atoms with van der Waals surface area (Å²) >= 11 is 2.00. The number of rotatable bonds is 0. The second kappa shape index (κ2) is 283. The molecule has 0 heterocycles. The van der Waals surface area contributed by atoms with Crippen molar-refractivity contribution in [2.45, 2.75) is 0 Å². The number of hydrogen-bond donors (Lipinski definition) is 1. The maximum atomic E-state index is 8.00. The molecule has 0 unspecified atom stereocenters. The van der Waals surface area contributed by atoms with Gasteiger partial charge in [-0.1, -0.05) is 0 Å². The van der Waals surface area contributed by atoms with E-state index in [0.717, 1.165) is 0 Å². The van der Waals surface area contributed by atoms with Crippen molar-refractivity contribution in [2.24, 2.45) is 0 Å². The quantitative estimate of drug-likeness (QED) is 0.411. The van der Waals surface area contributed by atoms with Crippen LogP contribution in [0.25, 0.3) is 0 Å². The van der Waals surface area contributed by atoms with E-state index in [9.17, 15) is 0 Å². The summed E-state index contributed by atoms with van der Waals surface area (Å²) in [6.07, 6.45) is 0. The summed E-state index contributed by atoms with van der Waals surface area (Å²) in [5.41, 5.74) is 0. The molecule has 0 radical (unpaired) electrons. The third-order valence-electron chi connectivity index (χ3n) is 0. The average molecular weight is 107 g/mol. The Morgan fingerprint density at radius 3 is 1.25 bits per heavy atom. The van der Waals surface area contributed by atoms with Gasteiger partial charge in [-0.2, -0.15) is 0 Å². The summed E-state index contributed by atoms with van der Waals surface area (Å²) in [5.74, 6) is 0. The molecule has 0 saturated heterocycles. The van der Waals surface area contributed by atoms with Crippen LogP contribution in [0.15, 0.2) is 0 Å². The minimum atomic E-state index is 0. The molecule has 0 fully saturated rings. The SMILES string of the molecule is N.O.[O]=[Fe]. The van der Waals surface area contributed by atoms with E-state index < -0.39 is 0 Å². The van der Waals surface area contributed by atoms with Gasteiger partial charge in [-0.05, 0) is 0 Å². The zero-order valence-electron chi connectivity index (χ0n) is 1.97. The van der Waals surface area contributed by atoms with Gasteiger partial charge >= 0.3 is 19.8 Å². The molecule has 0 aliphatic heterocycles. The summed E-state index contributed by atoms with van der Waals surface area (Å²) in [6.45, 7) is 0. The molecule has 30 valence electrons. The predicted octanol–water partition coefficient (Wildman–Crippen LogP) is -0.784. The second-order valence-corrected chi connectivity index (χ2v) is 0. The molecule has 0 atom stereocenters. The maximum absolute atomic E-state index is 8.00. The van der Waals surface area contributed by atoms with Crippen LogP contribution in [-0.4, -0.2) is 5.48 Å². The van der Waals surface area contributed by atoms with Crippen molar-refractivity contribution < 1.29 is 25.3 Å². The van der Waals surface area contributed by atoms with E-state index in [4.69, 9.17) is 3.83 Å². The standard InChI is InChI=1S/Fe.H3N.H2O.O/h;1H3;1H2;. The van der Waals surface area contributed by atoms with Crippen molar-refractivity contribution in [3.63, 3.8) is 0 Å². The monoisotopic (exact) mass is 107 g/mol. The normalized spacial score (nSPS) is 1.25. The van der Waals surface area contributed by atoms with Crippen molar-refractivity contribution in [3.05, 3.63) is 0 Å². The van der Waals surface area contributed by atoms with E-state index in [2.05, 4.69) is 0 Å². The first kappa shape index (κ1) is 29.0.